The van der Waals surface area contributed by atoms with E-state index in [0.29, 0.717) is 12.8 Å². The molecule has 0 fully saturated rings. The number of hydrogen-bond donors (Lipinski definition) is 1. The number of aryl methyl sites for hydroxylation is 1. The molecular formula is C24H29FO4. The Kier molecular flexibility index (Phi) is 7.54. The quantitative estimate of drug-likeness (QED) is 0.595. The zero-order valence-electron chi connectivity index (χ0n) is 17.4. The molecule has 0 aliphatic heterocycles. The molecule has 0 spiro atoms. The Hall–Kier alpha value is -2.69. The minimum absolute atomic E-state index is 0.248. The highest BCUT2D eigenvalue weighted by molar-refractivity contribution is 5.75. The van der Waals surface area contributed by atoms with Gasteiger partial charge >= 0.3 is 11.9 Å². The first-order valence-corrected chi connectivity index (χ1v) is 9.85. The molecule has 0 bridgehead atoms. The summed E-state index contributed by atoms with van der Waals surface area (Å²) in [6.45, 7) is 7.09. The largest absolute Gasteiger partial charge is 0.481 e. The summed E-state index contributed by atoms with van der Waals surface area (Å²) in [4.78, 5) is 23.8. The molecule has 2 aromatic rings. The number of benzene rings is 2. The average Bonchev–Trinajstić information content (AvgIpc) is 2.64. The first-order valence-electron chi connectivity index (χ1n) is 9.85. The Morgan fingerprint density at radius 1 is 1.00 bits per heavy atom. The summed E-state index contributed by atoms with van der Waals surface area (Å²) in [7, 11) is 0. The van der Waals surface area contributed by atoms with Crippen LogP contribution in [0.4, 0.5) is 4.39 Å². The molecule has 2 rings (SSSR count). The van der Waals surface area contributed by atoms with Crippen molar-refractivity contribution in [2.75, 3.05) is 0 Å². The molecular weight excluding hydrogens is 371 g/mol. The standard InChI is InChI=1S/C24H29FO4/c1-16(23(28)29-24(2,3)4)15-20(22(26)27)10-7-17-5-8-18(9-6-17)19-11-13-21(25)14-12-19/h5-6,8-9,11-14,16,20H,7,10,15H2,1-4H3,(H,26,27). The van der Waals surface area contributed by atoms with Crippen molar-refractivity contribution in [1.82, 2.24) is 0 Å². The molecule has 0 aromatic heterocycles. The van der Waals surface area contributed by atoms with Gasteiger partial charge in [0.1, 0.15) is 11.4 Å². The SMILES string of the molecule is CC(CC(CCc1ccc(-c2ccc(F)cc2)cc1)C(=O)O)C(=O)OC(C)(C)C. The summed E-state index contributed by atoms with van der Waals surface area (Å²) in [5.41, 5.74) is 2.33. The van der Waals surface area contributed by atoms with Gasteiger partial charge in [-0.15, -0.1) is 0 Å². The van der Waals surface area contributed by atoms with Gasteiger partial charge in [0.15, 0.2) is 0 Å². The lowest BCUT2D eigenvalue weighted by Crippen LogP contribution is -2.29. The van der Waals surface area contributed by atoms with E-state index in [1.807, 2.05) is 24.3 Å². The minimum Gasteiger partial charge on any atom is -0.481 e. The summed E-state index contributed by atoms with van der Waals surface area (Å²) in [6, 6.07) is 14.1. The number of carbonyl (C=O) groups excluding carboxylic acids is 1. The number of esters is 1. The van der Waals surface area contributed by atoms with Crippen LogP contribution < -0.4 is 0 Å². The number of aliphatic carboxylic acids is 1. The van der Waals surface area contributed by atoms with Crippen LogP contribution in [0.15, 0.2) is 48.5 Å². The topological polar surface area (TPSA) is 63.6 Å². The van der Waals surface area contributed by atoms with Gasteiger partial charge in [-0.1, -0.05) is 43.3 Å². The predicted octanol–water partition coefficient (Wildman–Crippen LogP) is 5.49. The summed E-state index contributed by atoms with van der Waals surface area (Å²) in [5.74, 6) is -2.63. The maximum Gasteiger partial charge on any atom is 0.309 e. The zero-order chi connectivity index (χ0) is 21.6. The van der Waals surface area contributed by atoms with E-state index in [0.717, 1.165) is 16.7 Å². The maximum absolute atomic E-state index is 13.1. The fourth-order valence-corrected chi connectivity index (χ4v) is 3.11. The van der Waals surface area contributed by atoms with Crippen molar-refractivity contribution in [1.29, 1.82) is 0 Å². The Bertz CT molecular complexity index is 819. The third kappa shape index (κ3) is 7.33. The van der Waals surface area contributed by atoms with Crippen LogP contribution in [-0.4, -0.2) is 22.6 Å². The minimum atomic E-state index is -0.900. The summed E-state index contributed by atoms with van der Waals surface area (Å²) < 4.78 is 18.4. The van der Waals surface area contributed by atoms with Crippen molar-refractivity contribution in [2.24, 2.45) is 11.8 Å². The normalized spacial score (nSPS) is 13.6. The summed E-state index contributed by atoms with van der Waals surface area (Å²) >= 11 is 0. The highest BCUT2D eigenvalue weighted by Gasteiger charge is 2.27. The molecule has 2 atom stereocenters. The first kappa shape index (κ1) is 22.6. The number of rotatable bonds is 8. The third-order valence-corrected chi connectivity index (χ3v) is 4.71. The number of halogens is 1. The molecule has 0 aliphatic carbocycles. The second kappa shape index (κ2) is 9.68. The molecule has 0 saturated carbocycles. The molecule has 4 nitrogen and oxygen atoms in total. The molecule has 29 heavy (non-hydrogen) atoms. The first-order chi connectivity index (χ1) is 13.5. The molecule has 5 heteroatoms. The van der Waals surface area contributed by atoms with E-state index in [-0.39, 0.29) is 18.2 Å². The average molecular weight is 400 g/mol. The van der Waals surface area contributed by atoms with E-state index < -0.39 is 23.4 Å². The molecule has 156 valence electrons. The van der Waals surface area contributed by atoms with Crippen LogP contribution in [-0.2, 0) is 20.7 Å². The predicted molar refractivity (Wildman–Crippen MR) is 111 cm³/mol. The van der Waals surface area contributed by atoms with Gasteiger partial charge in [0.25, 0.3) is 0 Å². The van der Waals surface area contributed by atoms with Gasteiger partial charge in [0.2, 0.25) is 0 Å². The second-order valence-corrected chi connectivity index (χ2v) is 8.45. The van der Waals surface area contributed by atoms with E-state index in [9.17, 15) is 19.1 Å². The number of carboxylic acids is 1. The number of ether oxygens (including phenoxy) is 1. The Morgan fingerprint density at radius 2 is 1.52 bits per heavy atom. The van der Waals surface area contributed by atoms with Crippen LogP contribution in [0.2, 0.25) is 0 Å². The molecule has 0 radical (unpaired) electrons. The van der Waals surface area contributed by atoms with Crippen LogP contribution in [0.5, 0.6) is 0 Å². The maximum atomic E-state index is 13.1. The smallest absolute Gasteiger partial charge is 0.309 e. The monoisotopic (exact) mass is 400 g/mol. The Balaban J connectivity index is 1.95. The molecule has 0 amide bonds. The van der Waals surface area contributed by atoms with Gasteiger partial charge in [0, 0.05) is 0 Å². The van der Waals surface area contributed by atoms with Gasteiger partial charge in [-0.3, -0.25) is 9.59 Å². The molecule has 0 heterocycles. The van der Waals surface area contributed by atoms with E-state index in [2.05, 4.69) is 0 Å². The molecule has 0 saturated heterocycles. The highest BCUT2D eigenvalue weighted by Crippen LogP contribution is 2.24. The Morgan fingerprint density at radius 3 is 2.00 bits per heavy atom. The lowest BCUT2D eigenvalue weighted by atomic mass is 9.90. The fourth-order valence-electron chi connectivity index (χ4n) is 3.11. The molecule has 0 aliphatic rings. The van der Waals surface area contributed by atoms with Crippen molar-refractivity contribution in [3.63, 3.8) is 0 Å². The van der Waals surface area contributed by atoms with Crippen LogP contribution in [0, 0.1) is 17.7 Å². The molecule has 2 aromatic carbocycles. The summed E-state index contributed by atoms with van der Waals surface area (Å²) in [6.07, 6.45) is 1.29. The van der Waals surface area contributed by atoms with Crippen LogP contribution >= 0.6 is 0 Å². The van der Waals surface area contributed by atoms with Gasteiger partial charge < -0.3 is 9.84 Å². The van der Waals surface area contributed by atoms with Crippen molar-refractivity contribution in [3.05, 3.63) is 59.9 Å². The number of hydrogen-bond acceptors (Lipinski definition) is 3. The van der Waals surface area contributed by atoms with E-state index in [1.54, 1.807) is 39.8 Å². The van der Waals surface area contributed by atoms with Crippen molar-refractivity contribution >= 4 is 11.9 Å². The molecule has 1 N–H and O–H groups in total. The van der Waals surface area contributed by atoms with Crippen LogP contribution in [0.3, 0.4) is 0 Å². The van der Waals surface area contributed by atoms with Gasteiger partial charge in [-0.2, -0.15) is 0 Å². The lowest BCUT2D eigenvalue weighted by molar-refractivity contribution is -0.160. The van der Waals surface area contributed by atoms with Crippen molar-refractivity contribution in [2.45, 2.75) is 52.6 Å². The molecule has 2 unspecified atom stereocenters. The van der Waals surface area contributed by atoms with Crippen LogP contribution in [0.25, 0.3) is 11.1 Å². The van der Waals surface area contributed by atoms with Gasteiger partial charge in [-0.25, -0.2) is 4.39 Å². The fraction of sp³-hybridized carbons (Fsp3) is 0.417. The summed E-state index contributed by atoms with van der Waals surface area (Å²) in [5, 5.41) is 9.55. The third-order valence-electron chi connectivity index (χ3n) is 4.71. The van der Waals surface area contributed by atoms with Gasteiger partial charge in [-0.05, 0) is 68.9 Å². The highest BCUT2D eigenvalue weighted by atomic mass is 19.1. The van der Waals surface area contributed by atoms with E-state index in [1.165, 1.54) is 12.1 Å². The van der Waals surface area contributed by atoms with Crippen molar-refractivity contribution < 1.29 is 23.8 Å². The van der Waals surface area contributed by atoms with Crippen molar-refractivity contribution in [3.8, 4) is 11.1 Å². The van der Waals surface area contributed by atoms with Crippen LogP contribution in [0.1, 0.15) is 46.1 Å². The Labute approximate surface area is 171 Å². The number of carboxylic acid groups (broad SMARTS) is 1. The number of carbonyl (C=O) groups is 2. The zero-order valence-corrected chi connectivity index (χ0v) is 17.4. The van der Waals surface area contributed by atoms with E-state index >= 15 is 0 Å². The lowest BCUT2D eigenvalue weighted by Gasteiger charge is -2.23. The second-order valence-electron chi connectivity index (χ2n) is 8.45. The van der Waals surface area contributed by atoms with Gasteiger partial charge in [0.05, 0.1) is 11.8 Å². The van der Waals surface area contributed by atoms with E-state index in [4.69, 9.17) is 4.74 Å².